The van der Waals surface area contributed by atoms with Gasteiger partial charge in [-0.3, -0.25) is 4.98 Å². The van der Waals surface area contributed by atoms with Gasteiger partial charge in [0.05, 0.1) is 17.3 Å². The number of hydrogen-bond acceptors (Lipinski definition) is 5. The maximum absolute atomic E-state index is 8.77. The molecule has 2 heterocycles. The van der Waals surface area contributed by atoms with Crippen LogP contribution < -0.4 is 10.6 Å². The van der Waals surface area contributed by atoms with Crippen molar-refractivity contribution in [1.82, 2.24) is 9.97 Å². The van der Waals surface area contributed by atoms with Crippen LogP contribution in [0.1, 0.15) is 17.0 Å². The molecule has 0 radical (unpaired) electrons. The maximum Gasteiger partial charge on any atom is 0.171 e. The van der Waals surface area contributed by atoms with E-state index in [1.807, 2.05) is 37.1 Å². The molecule has 0 spiro atoms. The molecule has 2 aromatic heterocycles. The molecule has 3 N–H and O–H groups in total. The lowest BCUT2D eigenvalue weighted by Gasteiger charge is -2.20. The number of nitrogens with two attached hydrogens (primary N) is 1. The third kappa shape index (κ3) is 3.41. The lowest BCUT2D eigenvalue weighted by molar-refractivity contribution is 0.318. The Morgan fingerprint density at radius 1 is 1.43 bits per heavy atom. The lowest BCUT2D eigenvalue weighted by Crippen LogP contribution is -2.21. The molecule has 21 heavy (non-hydrogen) atoms. The minimum atomic E-state index is -0.0502. The van der Waals surface area contributed by atoms with Crippen molar-refractivity contribution < 1.29 is 5.21 Å². The van der Waals surface area contributed by atoms with Crippen molar-refractivity contribution in [2.75, 3.05) is 11.9 Å². The van der Waals surface area contributed by atoms with E-state index in [1.165, 1.54) is 0 Å². The van der Waals surface area contributed by atoms with Crippen LogP contribution in [-0.2, 0) is 6.54 Å². The number of hydrogen-bond donors (Lipinski definition) is 2. The highest BCUT2D eigenvalue weighted by molar-refractivity contribution is 6.36. The molecule has 2 rings (SSSR count). The number of oxime groups is 1. The topological polar surface area (TPSA) is 87.6 Å². The highest BCUT2D eigenvalue weighted by Crippen LogP contribution is 2.26. The van der Waals surface area contributed by atoms with E-state index in [0.29, 0.717) is 22.9 Å². The van der Waals surface area contributed by atoms with Crippen LogP contribution in [0.3, 0.4) is 0 Å². The maximum atomic E-state index is 8.77. The van der Waals surface area contributed by atoms with Crippen LogP contribution in [-0.4, -0.2) is 28.1 Å². The normalized spacial score (nSPS) is 11.5. The van der Waals surface area contributed by atoms with E-state index >= 15 is 0 Å². The standard InChI is InChI=1S/C14H16ClN5O/c1-9-4-3-5-10(18-9)8-20(2)14-12(15)11(6-7-17-14)13(16)19-21/h3-7,21H,8H2,1-2H3,(H2,16,19). The number of anilines is 1. The van der Waals surface area contributed by atoms with Gasteiger partial charge in [-0.1, -0.05) is 22.8 Å². The zero-order valence-electron chi connectivity index (χ0n) is 11.8. The fraction of sp³-hybridized carbons (Fsp3) is 0.214. The zero-order chi connectivity index (χ0) is 15.4. The van der Waals surface area contributed by atoms with E-state index < -0.39 is 0 Å². The molecular weight excluding hydrogens is 290 g/mol. The van der Waals surface area contributed by atoms with Crippen LogP contribution in [0.4, 0.5) is 5.82 Å². The minimum absolute atomic E-state index is 0.0502. The van der Waals surface area contributed by atoms with Gasteiger partial charge in [-0.2, -0.15) is 0 Å². The largest absolute Gasteiger partial charge is 0.409 e. The number of rotatable bonds is 4. The third-order valence-corrected chi connectivity index (χ3v) is 3.33. The third-order valence-electron chi connectivity index (χ3n) is 2.96. The molecule has 2 aromatic rings. The van der Waals surface area contributed by atoms with Crippen molar-refractivity contribution >= 4 is 23.3 Å². The summed E-state index contributed by atoms with van der Waals surface area (Å²) in [5.74, 6) is 0.495. The van der Waals surface area contributed by atoms with Gasteiger partial charge in [0.1, 0.15) is 5.82 Å². The zero-order valence-corrected chi connectivity index (χ0v) is 12.5. The van der Waals surface area contributed by atoms with E-state index in [4.69, 9.17) is 22.5 Å². The van der Waals surface area contributed by atoms with Gasteiger partial charge in [0.25, 0.3) is 0 Å². The van der Waals surface area contributed by atoms with Crippen LogP contribution in [0.5, 0.6) is 0 Å². The fourth-order valence-corrected chi connectivity index (χ4v) is 2.31. The van der Waals surface area contributed by atoms with Gasteiger partial charge in [-0.25, -0.2) is 4.98 Å². The quantitative estimate of drug-likeness (QED) is 0.391. The van der Waals surface area contributed by atoms with Gasteiger partial charge in [0.15, 0.2) is 5.84 Å². The Morgan fingerprint density at radius 3 is 2.86 bits per heavy atom. The summed E-state index contributed by atoms with van der Waals surface area (Å²) >= 11 is 6.28. The molecule has 0 amide bonds. The van der Waals surface area contributed by atoms with Crippen LogP contribution >= 0.6 is 11.6 Å². The number of nitrogens with zero attached hydrogens (tertiary/aromatic N) is 4. The summed E-state index contributed by atoms with van der Waals surface area (Å²) in [7, 11) is 1.86. The molecule has 0 aliphatic carbocycles. The first-order valence-corrected chi connectivity index (χ1v) is 6.66. The Kier molecular flexibility index (Phi) is 4.59. The van der Waals surface area contributed by atoms with Crippen LogP contribution in [0.25, 0.3) is 0 Å². The summed E-state index contributed by atoms with van der Waals surface area (Å²) in [6.45, 7) is 2.49. The second-order valence-electron chi connectivity index (χ2n) is 4.61. The molecule has 7 heteroatoms. The number of aryl methyl sites for hydroxylation is 1. The Bertz CT molecular complexity index is 674. The summed E-state index contributed by atoms with van der Waals surface area (Å²) in [6, 6.07) is 7.42. The predicted octanol–water partition coefficient (Wildman–Crippen LogP) is 2.17. The van der Waals surface area contributed by atoms with Crippen LogP contribution in [0.15, 0.2) is 35.6 Å². The molecule has 0 atom stereocenters. The summed E-state index contributed by atoms with van der Waals surface area (Å²) in [4.78, 5) is 10.5. The first kappa shape index (κ1) is 15.1. The molecule has 0 aliphatic rings. The molecule has 0 fully saturated rings. The van der Waals surface area contributed by atoms with Crippen molar-refractivity contribution in [3.05, 3.63) is 52.4 Å². The summed E-state index contributed by atoms with van der Waals surface area (Å²) in [5.41, 5.74) is 7.89. The van der Waals surface area contributed by atoms with E-state index in [0.717, 1.165) is 11.4 Å². The van der Waals surface area contributed by atoms with Gasteiger partial charge < -0.3 is 15.8 Å². The Balaban J connectivity index is 2.29. The summed E-state index contributed by atoms with van der Waals surface area (Å²) in [5, 5.41) is 12.1. The monoisotopic (exact) mass is 305 g/mol. The molecule has 0 saturated carbocycles. The molecule has 0 aromatic carbocycles. The first-order chi connectivity index (χ1) is 10.0. The number of aromatic nitrogens is 2. The molecule has 0 bridgehead atoms. The minimum Gasteiger partial charge on any atom is -0.409 e. The SMILES string of the molecule is Cc1cccc(CN(C)c2nccc(/C(N)=N/O)c2Cl)n1. The second-order valence-corrected chi connectivity index (χ2v) is 4.99. The van der Waals surface area contributed by atoms with Crippen LogP contribution in [0, 0.1) is 6.92 Å². The van der Waals surface area contributed by atoms with Gasteiger partial charge >= 0.3 is 0 Å². The molecule has 0 aliphatic heterocycles. The summed E-state index contributed by atoms with van der Waals surface area (Å²) in [6.07, 6.45) is 1.56. The first-order valence-electron chi connectivity index (χ1n) is 6.29. The van der Waals surface area contributed by atoms with Crippen molar-refractivity contribution in [2.24, 2.45) is 10.9 Å². The number of halogens is 1. The molecule has 110 valence electrons. The highest BCUT2D eigenvalue weighted by atomic mass is 35.5. The van der Waals surface area contributed by atoms with Gasteiger partial charge in [0.2, 0.25) is 0 Å². The van der Waals surface area contributed by atoms with E-state index in [9.17, 15) is 0 Å². The number of amidine groups is 1. The van der Waals surface area contributed by atoms with Crippen molar-refractivity contribution in [3.63, 3.8) is 0 Å². The molecule has 0 saturated heterocycles. The van der Waals surface area contributed by atoms with Crippen molar-refractivity contribution in [3.8, 4) is 0 Å². The average Bonchev–Trinajstić information content (AvgIpc) is 2.46. The van der Waals surface area contributed by atoms with Crippen molar-refractivity contribution in [2.45, 2.75) is 13.5 Å². The molecular formula is C14H16ClN5O. The smallest absolute Gasteiger partial charge is 0.171 e. The fourth-order valence-electron chi connectivity index (χ4n) is 1.96. The highest BCUT2D eigenvalue weighted by Gasteiger charge is 2.15. The van der Waals surface area contributed by atoms with Crippen LogP contribution in [0.2, 0.25) is 5.02 Å². The Morgan fingerprint density at radius 2 is 2.19 bits per heavy atom. The number of pyridine rings is 2. The predicted molar refractivity (Wildman–Crippen MR) is 82.8 cm³/mol. The Hall–Kier alpha value is -2.34. The van der Waals surface area contributed by atoms with Gasteiger partial charge in [-0.15, -0.1) is 0 Å². The lowest BCUT2D eigenvalue weighted by atomic mass is 10.2. The van der Waals surface area contributed by atoms with E-state index in [2.05, 4.69) is 15.1 Å². The van der Waals surface area contributed by atoms with Crippen molar-refractivity contribution in [1.29, 1.82) is 0 Å². The van der Waals surface area contributed by atoms with E-state index in [-0.39, 0.29) is 5.84 Å². The van der Waals surface area contributed by atoms with Gasteiger partial charge in [-0.05, 0) is 25.1 Å². The van der Waals surface area contributed by atoms with Gasteiger partial charge in [0, 0.05) is 24.5 Å². The summed E-state index contributed by atoms with van der Waals surface area (Å²) < 4.78 is 0. The average molecular weight is 306 g/mol. The van der Waals surface area contributed by atoms with E-state index in [1.54, 1.807) is 12.3 Å². The second kappa shape index (κ2) is 6.41. The molecule has 6 nitrogen and oxygen atoms in total. The Labute approximate surface area is 127 Å². The molecule has 0 unspecified atom stereocenters.